The first-order valence-corrected chi connectivity index (χ1v) is 10.9. The number of rotatable bonds is 3. The summed E-state index contributed by atoms with van der Waals surface area (Å²) >= 11 is 0. The standard InChI is InChI=1S/C19H19F2N3O.2C2HF3O2/c20-16-2-1-15(9-17(16)21)24-13-19(10-18(24)25)5-8-23(12-19)11-14-3-6-22-7-4-14;2*3-2(4,5)1(6)7/h1-4,6-7,9H,5,8,10-13H2;2*(H,6,7). The smallest absolute Gasteiger partial charge is 0.475 e. The third-order valence-electron chi connectivity index (χ3n) is 5.69. The molecule has 2 N–H and O–H groups in total. The van der Waals surface area contributed by atoms with Crippen LogP contribution in [0.3, 0.4) is 0 Å². The molecule has 0 bridgehead atoms. The molecule has 1 spiro atoms. The first kappa shape index (κ1) is 31.4. The van der Waals surface area contributed by atoms with E-state index in [9.17, 15) is 39.9 Å². The largest absolute Gasteiger partial charge is 0.490 e. The molecule has 4 rings (SSSR count). The summed E-state index contributed by atoms with van der Waals surface area (Å²) in [4.78, 5) is 38.2. The second-order valence-electron chi connectivity index (χ2n) is 8.68. The van der Waals surface area contributed by atoms with Gasteiger partial charge in [-0.3, -0.25) is 14.7 Å². The molecule has 1 aromatic carbocycles. The number of likely N-dealkylation sites (tertiary alicyclic amines) is 1. The number of carbonyl (C=O) groups is 3. The maximum atomic E-state index is 13.5. The number of aliphatic carboxylic acids is 2. The molecule has 3 heterocycles. The second-order valence-corrected chi connectivity index (χ2v) is 8.68. The fourth-order valence-corrected chi connectivity index (χ4v) is 3.97. The van der Waals surface area contributed by atoms with E-state index in [-0.39, 0.29) is 11.3 Å². The molecule has 0 aliphatic carbocycles. The number of amides is 1. The summed E-state index contributed by atoms with van der Waals surface area (Å²) in [7, 11) is 0. The van der Waals surface area contributed by atoms with E-state index in [1.54, 1.807) is 17.3 Å². The van der Waals surface area contributed by atoms with Gasteiger partial charge >= 0.3 is 24.3 Å². The van der Waals surface area contributed by atoms with Crippen molar-refractivity contribution >= 4 is 23.5 Å². The van der Waals surface area contributed by atoms with Crippen LogP contribution < -0.4 is 4.90 Å². The Morgan fingerprint density at radius 3 is 1.92 bits per heavy atom. The summed E-state index contributed by atoms with van der Waals surface area (Å²) < 4.78 is 90.1. The topological polar surface area (TPSA) is 111 Å². The minimum atomic E-state index is -5.08. The fraction of sp³-hybridized carbons (Fsp3) is 0.391. The van der Waals surface area contributed by atoms with Crippen LogP contribution in [-0.2, 0) is 20.9 Å². The Labute approximate surface area is 215 Å². The Bertz CT molecular complexity index is 1150. The molecule has 8 nitrogen and oxygen atoms in total. The average molecular weight is 571 g/mol. The van der Waals surface area contributed by atoms with Crippen LogP contribution in [0.2, 0.25) is 0 Å². The molecule has 1 aromatic heterocycles. The van der Waals surface area contributed by atoms with Crippen molar-refractivity contribution < 1.29 is 59.7 Å². The van der Waals surface area contributed by atoms with Crippen LogP contribution in [0.15, 0.2) is 42.7 Å². The molecule has 1 atom stereocenters. The van der Waals surface area contributed by atoms with Crippen molar-refractivity contribution in [3.8, 4) is 0 Å². The molecular formula is C23H21F8N3O5. The quantitative estimate of drug-likeness (QED) is 0.530. The lowest BCUT2D eigenvalue weighted by Crippen LogP contribution is -2.31. The molecular weight excluding hydrogens is 550 g/mol. The lowest BCUT2D eigenvalue weighted by molar-refractivity contribution is -0.193. The lowest BCUT2D eigenvalue weighted by Gasteiger charge is -2.24. The second kappa shape index (κ2) is 12.4. The number of pyridine rings is 1. The van der Waals surface area contributed by atoms with E-state index in [2.05, 4.69) is 9.88 Å². The molecule has 39 heavy (non-hydrogen) atoms. The first-order chi connectivity index (χ1) is 17.9. The van der Waals surface area contributed by atoms with E-state index in [1.165, 1.54) is 11.6 Å². The van der Waals surface area contributed by atoms with Gasteiger partial charge in [-0.25, -0.2) is 18.4 Å². The van der Waals surface area contributed by atoms with Crippen LogP contribution in [-0.4, -0.2) is 69.9 Å². The maximum absolute atomic E-state index is 13.5. The van der Waals surface area contributed by atoms with E-state index in [4.69, 9.17) is 19.8 Å². The number of halogens is 8. The SMILES string of the molecule is O=C(O)C(F)(F)F.O=C(O)C(F)(F)F.O=C1CC2(CCN(Cc3ccncc3)C2)CN1c1ccc(F)c(F)c1. The summed E-state index contributed by atoms with van der Waals surface area (Å²) in [6, 6.07) is 7.65. The number of carboxylic acid groups (broad SMARTS) is 2. The zero-order chi connectivity index (χ0) is 29.6. The van der Waals surface area contributed by atoms with Crippen LogP contribution in [0, 0.1) is 17.0 Å². The number of nitrogens with zero attached hydrogens (tertiary/aromatic N) is 3. The number of carboxylic acids is 2. The zero-order valence-corrected chi connectivity index (χ0v) is 19.8. The van der Waals surface area contributed by atoms with Gasteiger partial charge in [0.05, 0.1) is 0 Å². The summed E-state index contributed by atoms with van der Waals surface area (Å²) in [5.74, 6) is -7.34. The van der Waals surface area contributed by atoms with Gasteiger partial charge in [0, 0.05) is 55.6 Å². The highest BCUT2D eigenvalue weighted by atomic mass is 19.4. The number of benzene rings is 1. The summed E-state index contributed by atoms with van der Waals surface area (Å²) in [6.07, 6.45) is -5.21. The van der Waals surface area contributed by atoms with E-state index in [1.807, 2.05) is 12.1 Å². The van der Waals surface area contributed by atoms with E-state index in [0.717, 1.165) is 38.2 Å². The molecule has 0 radical (unpaired) electrons. The number of alkyl halides is 6. The molecule has 16 heteroatoms. The monoisotopic (exact) mass is 571 g/mol. The van der Waals surface area contributed by atoms with Gasteiger partial charge in [-0.2, -0.15) is 26.3 Å². The van der Waals surface area contributed by atoms with Crippen molar-refractivity contribution in [2.45, 2.75) is 31.7 Å². The molecule has 1 amide bonds. The first-order valence-electron chi connectivity index (χ1n) is 10.9. The third kappa shape index (κ3) is 9.15. The highest BCUT2D eigenvalue weighted by Gasteiger charge is 2.47. The van der Waals surface area contributed by atoms with Crippen molar-refractivity contribution in [2.75, 3.05) is 24.5 Å². The van der Waals surface area contributed by atoms with Gasteiger partial charge in [0.2, 0.25) is 5.91 Å². The molecule has 2 fully saturated rings. The number of anilines is 1. The van der Waals surface area contributed by atoms with Crippen molar-refractivity contribution in [3.63, 3.8) is 0 Å². The molecule has 2 aliphatic heterocycles. The Kier molecular flexibility index (Phi) is 9.95. The zero-order valence-electron chi connectivity index (χ0n) is 19.8. The number of hydrogen-bond donors (Lipinski definition) is 2. The maximum Gasteiger partial charge on any atom is 0.490 e. The van der Waals surface area contributed by atoms with E-state index >= 15 is 0 Å². The number of carbonyl (C=O) groups excluding carboxylic acids is 1. The van der Waals surface area contributed by atoms with Gasteiger partial charge in [-0.15, -0.1) is 0 Å². The number of hydrogen-bond acceptors (Lipinski definition) is 5. The molecule has 2 aliphatic rings. The van der Waals surface area contributed by atoms with Crippen molar-refractivity contribution in [1.29, 1.82) is 0 Å². The van der Waals surface area contributed by atoms with Gasteiger partial charge in [0.15, 0.2) is 11.6 Å². The Morgan fingerprint density at radius 1 is 0.897 bits per heavy atom. The third-order valence-corrected chi connectivity index (χ3v) is 5.69. The summed E-state index contributed by atoms with van der Waals surface area (Å²) in [5, 5.41) is 14.2. The summed E-state index contributed by atoms with van der Waals surface area (Å²) in [5.41, 5.74) is 1.54. The predicted molar refractivity (Wildman–Crippen MR) is 117 cm³/mol. The highest BCUT2D eigenvalue weighted by molar-refractivity contribution is 5.96. The highest BCUT2D eigenvalue weighted by Crippen LogP contribution is 2.42. The molecule has 2 aromatic rings. The minimum Gasteiger partial charge on any atom is -0.475 e. The van der Waals surface area contributed by atoms with E-state index in [0.29, 0.717) is 18.7 Å². The van der Waals surface area contributed by atoms with Crippen molar-refractivity contribution in [3.05, 3.63) is 59.9 Å². The average Bonchev–Trinajstić information content (AvgIpc) is 3.37. The van der Waals surface area contributed by atoms with Crippen molar-refractivity contribution in [1.82, 2.24) is 9.88 Å². The van der Waals surface area contributed by atoms with E-state index < -0.39 is 35.9 Å². The predicted octanol–water partition coefficient (Wildman–Crippen LogP) is 4.26. The normalized spacial score (nSPS) is 19.3. The van der Waals surface area contributed by atoms with Gasteiger partial charge in [0.25, 0.3) is 0 Å². The van der Waals surface area contributed by atoms with Crippen LogP contribution in [0.4, 0.5) is 40.8 Å². The van der Waals surface area contributed by atoms with Gasteiger partial charge in [0.1, 0.15) is 0 Å². The van der Waals surface area contributed by atoms with Crippen molar-refractivity contribution in [2.24, 2.45) is 5.41 Å². The van der Waals surface area contributed by atoms with Gasteiger partial charge in [-0.05, 0) is 42.8 Å². The minimum absolute atomic E-state index is 0.0169. The van der Waals surface area contributed by atoms with Crippen LogP contribution >= 0.6 is 0 Å². The molecule has 214 valence electrons. The number of aromatic nitrogens is 1. The molecule has 2 saturated heterocycles. The Morgan fingerprint density at radius 2 is 1.44 bits per heavy atom. The van der Waals surface area contributed by atoms with Gasteiger partial charge in [-0.1, -0.05) is 0 Å². The Hall–Kier alpha value is -3.82. The Balaban J connectivity index is 0.000000317. The van der Waals surface area contributed by atoms with Crippen LogP contribution in [0.25, 0.3) is 0 Å². The van der Waals surface area contributed by atoms with Crippen LogP contribution in [0.5, 0.6) is 0 Å². The van der Waals surface area contributed by atoms with Gasteiger partial charge < -0.3 is 15.1 Å². The summed E-state index contributed by atoms with van der Waals surface area (Å²) in [6.45, 7) is 3.16. The molecule has 0 saturated carbocycles. The van der Waals surface area contributed by atoms with Crippen LogP contribution in [0.1, 0.15) is 18.4 Å². The lowest BCUT2D eigenvalue weighted by atomic mass is 9.86. The molecule has 1 unspecified atom stereocenters. The fourth-order valence-electron chi connectivity index (χ4n) is 3.97.